The van der Waals surface area contributed by atoms with E-state index in [0.29, 0.717) is 33.3 Å². The fraction of sp³-hybridized carbons (Fsp3) is 0.0909. The van der Waals surface area contributed by atoms with Crippen LogP contribution >= 0.6 is 11.6 Å². The predicted molar refractivity (Wildman–Crippen MR) is 112 cm³/mol. The Kier molecular flexibility index (Phi) is 5.96. The summed E-state index contributed by atoms with van der Waals surface area (Å²) in [4.78, 5) is 24.9. The Morgan fingerprint density at radius 1 is 0.893 bits per heavy atom. The van der Waals surface area contributed by atoms with Crippen molar-refractivity contribution in [2.24, 2.45) is 0 Å². The molecule has 0 aliphatic heterocycles. The van der Waals surface area contributed by atoms with Gasteiger partial charge in [-0.2, -0.15) is 0 Å². The van der Waals surface area contributed by atoms with Crippen molar-refractivity contribution in [3.8, 4) is 5.75 Å². The van der Waals surface area contributed by atoms with Crippen molar-refractivity contribution in [1.29, 1.82) is 0 Å². The lowest BCUT2D eigenvalue weighted by Gasteiger charge is -2.13. The van der Waals surface area contributed by atoms with E-state index in [1.165, 1.54) is 7.11 Å². The van der Waals surface area contributed by atoms with E-state index in [-0.39, 0.29) is 11.8 Å². The third-order valence-electron chi connectivity index (χ3n) is 4.11. The molecule has 3 aromatic rings. The number of anilines is 2. The number of rotatable bonds is 5. The molecule has 0 aliphatic carbocycles. The SMILES string of the molecule is COc1cc(NC(=O)c2cccc(C)c2)ccc1NC(=O)c1ccccc1Cl. The molecule has 3 rings (SSSR count). The minimum atomic E-state index is -0.347. The lowest BCUT2D eigenvalue weighted by Crippen LogP contribution is -2.14. The molecule has 142 valence electrons. The second-order valence-electron chi connectivity index (χ2n) is 6.17. The number of hydrogen-bond acceptors (Lipinski definition) is 3. The zero-order valence-corrected chi connectivity index (χ0v) is 16.2. The summed E-state index contributed by atoms with van der Waals surface area (Å²) < 4.78 is 5.36. The first kappa shape index (κ1) is 19.5. The van der Waals surface area contributed by atoms with Gasteiger partial charge in [0.2, 0.25) is 0 Å². The van der Waals surface area contributed by atoms with Gasteiger partial charge in [0.25, 0.3) is 11.8 Å². The van der Waals surface area contributed by atoms with Gasteiger partial charge in [-0.15, -0.1) is 0 Å². The van der Waals surface area contributed by atoms with Crippen LogP contribution in [0.1, 0.15) is 26.3 Å². The Balaban J connectivity index is 1.78. The number of ether oxygens (including phenoxy) is 1. The zero-order chi connectivity index (χ0) is 20.1. The summed E-state index contributed by atoms with van der Waals surface area (Å²) in [5.74, 6) is -0.151. The second-order valence-corrected chi connectivity index (χ2v) is 6.58. The molecule has 0 aromatic heterocycles. The Hall–Kier alpha value is -3.31. The standard InChI is InChI=1S/C22H19ClN2O3/c1-14-6-5-7-15(12-14)21(26)24-16-10-11-19(20(13-16)28-2)25-22(27)17-8-3-4-9-18(17)23/h3-13H,1-2H3,(H,24,26)(H,25,27). The van der Waals surface area contributed by atoms with Gasteiger partial charge in [0, 0.05) is 17.3 Å². The molecule has 2 amide bonds. The highest BCUT2D eigenvalue weighted by molar-refractivity contribution is 6.34. The number of carbonyl (C=O) groups is 2. The van der Waals surface area contributed by atoms with Crippen molar-refractivity contribution in [2.75, 3.05) is 17.7 Å². The van der Waals surface area contributed by atoms with E-state index in [9.17, 15) is 9.59 Å². The molecule has 0 unspecified atom stereocenters. The number of amides is 2. The van der Waals surface area contributed by atoms with Gasteiger partial charge < -0.3 is 15.4 Å². The van der Waals surface area contributed by atoms with E-state index in [0.717, 1.165) is 5.56 Å². The molecular weight excluding hydrogens is 376 g/mol. The van der Waals surface area contributed by atoms with E-state index >= 15 is 0 Å². The second kappa shape index (κ2) is 8.59. The molecule has 0 atom stereocenters. The number of aryl methyl sites for hydroxylation is 1. The van der Waals surface area contributed by atoms with Crippen LogP contribution in [0.5, 0.6) is 5.75 Å². The monoisotopic (exact) mass is 394 g/mol. The molecule has 0 saturated carbocycles. The number of hydrogen-bond donors (Lipinski definition) is 2. The van der Waals surface area contributed by atoms with Crippen LogP contribution in [0.4, 0.5) is 11.4 Å². The molecule has 0 bridgehead atoms. The van der Waals surface area contributed by atoms with Crippen LogP contribution in [0.25, 0.3) is 0 Å². The van der Waals surface area contributed by atoms with Gasteiger partial charge in [0.1, 0.15) is 5.75 Å². The fourth-order valence-electron chi connectivity index (χ4n) is 2.70. The summed E-state index contributed by atoms with van der Waals surface area (Å²) >= 11 is 6.07. The number of halogens is 1. The molecule has 0 heterocycles. The van der Waals surface area contributed by atoms with E-state index in [1.54, 1.807) is 48.5 Å². The van der Waals surface area contributed by atoms with Crippen LogP contribution < -0.4 is 15.4 Å². The average molecular weight is 395 g/mol. The fourth-order valence-corrected chi connectivity index (χ4v) is 2.92. The first-order chi connectivity index (χ1) is 13.5. The van der Waals surface area contributed by atoms with Crippen LogP contribution in [-0.2, 0) is 0 Å². The summed E-state index contributed by atoms with van der Waals surface area (Å²) in [5.41, 5.74) is 2.96. The van der Waals surface area contributed by atoms with Gasteiger partial charge in [0.15, 0.2) is 0 Å². The maximum atomic E-state index is 12.5. The minimum Gasteiger partial charge on any atom is -0.494 e. The maximum absolute atomic E-state index is 12.5. The summed E-state index contributed by atoms with van der Waals surface area (Å²) in [7, 11) is 1.49. The van der Waals surface area contributed by atoms with Crippen molar-refractivity contribution < 1.29 is 14.3 Å². The first-order valence-corrected chi connectivity index (χ1v) is 8.97. The van der Waals surface area contributed by atoms with Crippen LogP contribution in [0.15, 0.2) is 66.7 Å². The van der Waals surface area contributed by atoms with Crippen LogP contribution in [0.2, 0.25) is 5.02 Å². The third-order valence-corrected chi connectivity index (χ3v) is 4.44. The number of nitrogens with one attached hydrogen (secondary N) is 2. The van der Waals surface area contributed by atoms with E-state index in [2.05, 4.69) is 10.6 Å². The highest BCUT2D eigenvalue weighted by atomic mass is 35.5. The molecule has 6 heteroatoms. The van der Waals surface area contributed by atoms with Crippen LogP contribution in [0, 0.1) is 6.92 Å². The van der Waals surface area contributed by atoms with Gasteiger partial charge in [-0.3, -0.25) is 9.59 Å². The average Bonchev–Trinajstić information content (AvgIpc) is 2.69. The number of methoxy groups -OCH3 is 1. The molecule has 0 radical (unpaired) electrons. The Morgan fingerprint density at radius 3 is 2.39 bits per heavy atom. The van der Waals surface area contributed by atoms with Crippen molar-refractivity contribution in [3.63, 3.8) is 0 Å². The van der Waals surface area contributed by atoms with E-state index in [1.807, 2.05) is 25.1 Å². The molecule has 3 aromatic carbocycles. The van der Waals surface area contributed by atoms with E-state index in [4.69, 9.17) is 16.3 Å². The van der Waals surface area contributed by atoms with Gasteiger partial charge >= 0.3 is 0 Å². The third kappa shape index (κ3) is 4.50. The van der Waals surface area contributed by atoms with Gasteiger partial charge in [-0.05, 0) is 43.3 Å². The molecule has 2 N–H and O–H groups in total. The lowest BCUT2D eigenvalue weighted by atomic mass is 10.1. The normalized spacial score (nSPS) is 10.2. The molecule has 28 heavy (non-hydrogen) atoms. The lowest BCUT2D eigenvalue weighted by molar-refractivity contribution is 0.101. The van der Waals surface area contributed by atoms with Gasteiger partial charge in [-0.25, -0.2) is 0 Å². The molecule has 0 aliphatic rings. The molecule has 5 nitrogen and oxygen atoms in total. The highest BCUT2D eigenvalue weighted by Gasteiger charge is 2.14. The minimum absolute atomic E-state index is 0.224. The maximum Gasteiger partial charge on any atom is 0.257 e. The molecular formula is C22H19ClN2O3. The summed E-state index contributed by atoms with van der Waals surface area (Å²) in [6.45, 7) is 1.93. The smallest absolute Gasteiger partial charge is 0.257 e. The zero-order valence-electron chi connectivity index (χ0n) is 15.5. The van der Waals surface area contributed by atoms with Crippen molar-refractivity contribution in [3.05, 3.63) is 88.4 Å². The van der Waals surface area contributed by atoms with E-state index < -0.39 is 0 Å². The number of benzene rings is 3. The Bertz CT molecular complexity index is 1030. The molecule has 0 saturated heterocycles. The summed E-state index contributed by atoms with van der Waals surface area (Å²) in [5, 5.41) is 5.97. The van der Waals surface area contributed by atoms with Crippen molar-refractivity contribution in [1.82, 2.24) is 0 Å². The summed E-state index contributed by atoms with van der Waals surface area (Å²) in [6, 6.07) is 19.1. The van der Waals surface area contributed by atoms with Gasteiger partial charge in [-0.1, -0.05) is 41.4 Å². The molecule has 0 spiro atoms. The van der Waals surface area contributed by atoms with Crippen LogP contribution in [0.3, 0.4) is 0 Å². The number of carbonyl (C=O) groups excluding carboxylic acids is 2. The van der Waals surface area contributed by atoms with Crippen molar-refractivity contribution >= 4 is 34.8 Å². The Morgan fingerprint density at radius 2 is 1.68 bits per heavy atom. The van der Waals surface area contributed by atoms with Gasteiger partial charge in [0.05, 0.1) is 23.4 Å². The predicted octanol–water partition coefficient (Wildman–Crippen LogP) is 5.16. The van der Waals surface area contributed by atoms with Crippen LogP contribution in [-0.4, -0.2) is 18.9 Å². The highest BCUT2D eigenvalue weighted by Crippen LogP contribution is 2.29. The quantitative estimate of drug-likeness (QED) is 0.628. The van der Waals surface area contributed by atoms with Crippen molar-refractivity contribution in [2.45, 2.75) is 6.92 Å². The largest absolute Gasteiger partial charge is 0.494 e. The Labute approximate surface area is 168 Å². The first-order valence-electron chi connectivity index (χ1n) is 8.60. The topological polar surface area (TPSA) is 67.4 Å². The molecule has 0 fully saturated rings. The summed E-state index contributed by atoms with van der Waals surface area (Å²) in [6.07, 6.45) is 0.